The molecule has 1 heterocycles. The van der Waals surface area contributed by atoms with Gasteiger partial charge < -0.3 is 9.64 Å². The number of unbranched alkanes of at least 4 members (excludes halogenated alkanes) is 1. The van der Waals surface area contributed by atoms with Gasteiger partial charge in [-0.2, -0.15) is 0 Å². The van der Waals surface area contributed by atoms with E-state index in [0.717, 1.165) is 12.8 Å². The van der Waals surface area contributed by atoms with Gasteiger partial charge in [0.05, 0.1) is 17.1 Å². The molecule has 150 valence electrons. The van der Waals surface area contributed by atoms with Crippen LogP contribution in [0, 0.1) is 0 Å². The fourth-order valence-electron chi connectivity index (χ4n) is 2.94. The van der Waals surface area contributed by atoms with Crippen LogP contribution in [0.5, 0.6) is 0 Å². The van der Waals surface area contributed by atoms with Crippen molar-refractivity contribution in [2.24, 2.45) is 0 Å². The highest BCUT2D eigenvalue weighted by molar-refractivity contribution is 7.91. The van der Waals surface area contributed by atoms with Crippen molar-refractivity contribution < 1.29 is 27.0 Å². The van der Waals surface area contributed by atoms with Crippen LogP contribution in [0.2, 0.25) is 0 Å². The maximum Gasteiger partial charge on any atom is 0.338 e. The SMILES string of the molecule is CCCCN(C(=O)COC(=O)c1ccc(S(C)=O)cc1)C1CCS(=O)(=O)C1. The van der Waals surface area contributed by atoms with Gasteiger partial charge in [-0.15, -0.1) is 0 Å². The van der Waals surface area contributed by atoms with Crippen LogP contribution in [-0.4, -0.2) is 66.4 Å². The molecular formula is C18H25NO6S2. The number of ether oxygens (including phenoxy) is 1. The summed E-state index contributed by atoms with van der Waals surface area (Å²) in [6.07, 6.45) is 3.58. The number of carbonyl (C=O) groups excluding carboxylic acids is 2. The molecular weight excluding hydrogens is 390 g/mol. The van der Waals surface area contributed by atoms with E-state index >= 15 is 0 Å². The second-order valence-electron chi connectivity index (χ2n) is 6.55. The maximum atomic E-state index is 12.5. The average Bonchev–Trinajstić information content (AvgIpc) is 2.99. The molecule has 1 fully saturated rings. The van der Waals surface area contributed by atoms with Crippen LogP contribution in [0.4, 0.5) is 0 Å². The first kappa shape index (κ1) is 21.6. The van der Waals surface area contributed by atoms with E-state index in [1.807, 2.05) is 6.92 Å². The Morgan fingerprint density at radius 3 is 2.44 bits per heavy atom. The zero-order valence-electron chi connectivity index (χ0n) is 15.5. The molecule has 0 N–H and O–H groups in total. The topological polar surface area (TPSA) is 97.8 Å². The highest BCUT2D eigenvalue weighted by Crippen LogP contribution is 2.19. The summed E-state index contributed by atoms with van der Waals surface area (Å²) in [6, 6.07) is 5.80. The Bertz CT molecular complexity index is 804. The quantitative estimate of drug-likeness (QED) is 0.595. The van der Waals surface area contributed by atoms with Gasteiger partial charge in [-0.3, -0.25) is 9.00 Å². The lowest BCUT2D eigenvalue weighted by Crippen LogP contribution is -2.43. The molecule has 1 aromatic carbocycles. The third kappa shape index (κ3) is 6.14. The Hall–Kier alpha value is -1.74. The van der Waals surface area contributed by atoms with Crippen molar-refractivity contribution in [3.8, 4) is 0 Å². The normalized spacial score (nSPS) is 19.4. The number of sulfone groups is 1. The van der Waals surface area contributed by atoms with E-state index in [1.54, 1.807) is 18.4 Å². The van der Waals surface area contributed by atoms with Gasteiger partial charge in [0.2, 0.25) is 0 Å². The van der Waals surface area contributed by atoms with Crippen LogP contribution >= 0.6 is 0 Å². The van der Waals surface area contributed by atoms with Crippen LogP contribution in [-0.2, 0) is 30.2 Å². The van der Waals surface area contributed by atoms with Gasteiger partial charge in [-0.25, -0.2) is 13.2 Å². The van der Waals surface area contributed by atoms with Gasteiger partial charge >= 0.3 is 5.97 Å². The minimum Gasteiger partial charge on any atom is -0.452 e. The first-order valence-electron chi connectivity index (χ1n) is 8.84. The van der Waals surface area contributed by atoms with Crippen LogP contribution in [0.3, 0.4) is 0 Å². The van der Waals surface area contributed by atoms with Gasteiger partial charge in [0.1, 0.15) is 0 Å². The monoisotopic (exact) mass is 415 g/mol. The second-order valence-corrected chi connectivity index (χ2v) is 10.2. The summed E-state index contributed by atoms with van der Waals surface area (Å²) in [4.78, 5) is 26.8. The number of benzene rings is 1. The summed E-state index contributed by atoms with van der Waals surface area (Å²) < 4.78 is 39.9. The highest BCUT2D eigenvalue weighted by Gasteiger charge is 2.34. The summed E-state index contributed by atoms with van der Waals surface area (Å²) in [5, 5.41) is 0. The summed E-state index contributed by atoms with van der Waals surface area (Å²) in [7, 11) is -4.25. The smallest absolute Gasteiger partial charge is 0.338 e. The van der Waals surface area contributed by atoms with E-state index in [9.17, 15) is 22.2 Å². The molecule has 2 unspecified atom stereocenters. The number of carbonyl (C=O) groups is 2. The fraction of sp³-hybridized carbons (Fsp3) is 0.556. The molecule has 0 saturated carbocycles. The van der Waals surface area contributed by atoms with Crippen molar-refractivity contribution in [3.05, 3.63) is 29.8 Å². The number of hydrogen-bond acceptors (Lipinski definition) is 6. The van der Waals surface area contributed by atoms with E-state index in [1.165, 1.54) is 17.0 Å². The molecule has 1 aromatic rings. The molecule has 7 nitrogen and oxygen atoms in total. The second kappa shape index (κ2) is 9.45. The van der Waals surface area contributed by atoms with Crippen LogP contribution in [0.25, 0.3) is 0 Å². The van der Waals surface area contributed by atoms with E-state index in [2.05, 4.69) is 0 Å². The van der Waals surface area contributed by atoms with Gasteiger partial charge in [0.25, 0.3) is 5.91 Å². The molecule has 2 rings (SSSR count). The first-order chi connectivity index (χ1) is 12.7. The summed E-state index contributed by atoms with van der Waals surface area (Å²) in [5.74, 6) is -0.985. The molecule has 1 aliphatic rings. The Labute approximate surface area is 162 Å². The molecule has 0 spiro atoms. The Balaban J connectivity index is 1.97. The lowest BCUT2D eigenvalue weighted by Gasteiger charge is -2.28. The van der Waals surface area contributed by atoms with E-state index in [0.29, 0.717) is 17.9 Å². The largest absolute Gasteiger partial charge is 0.452 e. The maximum absolute atomic E-state index is 12.5. The summed E-state index contributed by atoms with van der Waals surface area (Å²) in [5.41, 5.74) is 0.264. The zero-order chi connectivity index (χ0) is 20.0. The number of amides is 1. The predicted molar refractivity (Wildman–Crippen MR) is 103 cm³/mol. The van der Waals surface area contributed by atoms with E-state index in [4.69, 9.17) is 4.74 Å². The number of esters is 1. The van der Waals surface area contributed by atoms with Gasteiger partial charge in [-0.05, 0) is 37.1 Å². The molecule has 0 radical (unpaired) electrons. The lowest BCUT2D eigenvalue weighted by atomic mass is 10.2. The molecule has 0 bridgehead atoms. The van der Waals surface area contributed by atoms with Gasteiger partial charge in [-0.1, -0.05) is 13.3 Å². The van der Waals surface area contributed by atoms with Crippen molar-refractivity contribution in [1.29, 1.82) is 0 Å². The first-order valence-corrected chi connectivity index (χ1v) is 12.2. The number of nitrogens with zero attached hydrogens (tertiary/aromatic N) is 1. The molecule has 0 aliphatic carbocycles. The zero-order valence-corrected chi connectivity index (χ0v) is 17.2. The van der Waals surface area contributed by atoms with Crippen LogP contribution in [0.1, 0.15) is 36.5 Å². The molecule has 1 aliphatic heterocycles. The Kier molecular flexibility index (Phi) is 7.55. The number of rotatable bonds is 8. The van der Waals surface area contributed by atoms with E-state index < -0.39 is 33.2 Å². The van der Waals surface area contributed by atoms with Gasteiger partial charge in [0, 0.05) is 34.5 Å². The minimum absolute atomic E-state index is 0.0357. The number of hydrogen-bond donors (Lipinski definition) is 0. The van der Waals surface area contributed by atoms with Gasteiger partial charge in [0.15, 0.2) is 16.4 Å². The van der Waals surface area contributed by atoms with E-state index in [-0.39, 0.29) is 29.0 Å². The van der Waals surface area contributed by atoms with Crippen molar-refractivity contribution in [3.63, 3.8) is 0 Å². The van der Waals surface area contributed by atoms with Crippen LogP contribution in [0.15, 0.2) is 29.2 Å². The highest BCUT2D eigenvalue weighted by atomic mass is 32.2. The summed E-state index contributed by atoms with van der Waals surface area (Å²) >= 11 is 0. The molecule has 0 aromatic heterocycles. The van der Waals surface area contributed by atoms with Crippen LogP contribution < -0.4 is 0 Å². The standard InChI is InChI=1S/C18H25NO6S2/c1-3-4-10-19(15-9-11-27(23,24)13-15)17(20)12-25-18(21)14-5-7-16(8-6-14)26(2)22/h5-8,15H,3-4,9-13H2,1-2H3. The Morgan fingerprint density at radius 2 is 1.93 bits per heavy atom. The minimum atomic E-state index is -3.11. The molecule has 1 amide bonds. The van der Waals surface area contributed by atoms with Crippen molar-refractivity contribution in [2.75, 3.05) is 30.9 Å². The molecule has 2 atom stereocenters. The van der Waals surface area contributed by atoms with Crippen molar-refractivity contribution in [1.82, 2.24) is 4.90 Å². The summed E-state index contributed by atoms with van der Waals surface area (Å²) in [6.45, 7) is 2.01. The predicted octanol–water partition coefficient (Wildman–Crippen LogP) is 1.40. The van der Waals surface area contributed by atoms with Crippen molar-refractivity contribution in [2.45, 2.75) is 37.1 Å². The average molecular weight is 416 g/mol. The lowest BCUT2D eigenvalue weighted by molar-refractivity contribution is -0.136. The molecule has 9 heteroatoms. The Morgan fingerprint density at radius 1 is 1.26 bits per heavy atom. The fourth-order valence-corrected chi connectivity index (χ4v) is 5.19. The molecule has 27 heavy (non-hydrogen) atoms. The molecule has 1 saturated heterocycles. The third-order valence-electron chi connectivity index (χ3n) is 4.47. The van der Waals surface area contributed by atoms with Crippen molar-refractivity contribution >= 4 is 32.5 Å². The third-order valence-corrected chi connectivity index (χ3v) is 7.16.